The standard InChI is InChI=1S/C20H23ClN2/c21-18-6-3-7-19(15-18)22-10-12-23(13-11-22)20-9-8-16-4-1-2-5-17(16)14-20/h1-7,15,20H,8-14H2/t20-/m1/s1. The smallest absolute Gasteiger partial charge is 0.0426 e. The molecule has 1 atom stereocenters. The highest BCUT2D eigenvalue weighted by Crippen LogP contribution is 2.26. The van der Waals surface area contributed by atoms with Crippen molar-refractivity contribution in [2.45, 2.75) is 25.3 Å². The summed E-state index contributed by atoms with van der Waals surface area (Å²) in [5.74, 6) is 0. The van der Waals surface area contributed by atoms with Crippen LogP contribution in [-0.2, 0) is 12.8 Å². The molecule has 120 valence electrons. The Hall–Kier alpha value is -1.51. The van der Waals surface area contributed by atoms with Gasteiger partial charge in [0.25, 0.3) is 0 Å². The first kappa shape index (κ1) is 15.0. The number of rotatable bonds is 2. The summed E-state index contributed by atoms with van der Waals surface area (Å²) in [7, 11) is 0. The van der Waals surface area contributed by atoms with Crippen molar-refractivity contribution in [3.63, 3.8) is 0 Å². The van der Waals surface area contributed by atoms with E-state index in [1.807, 2.05) is 12.1 Å². The molecule has 2 aromatic rings. The first-order valence-electron chi connectivity index (χ1n) is 8.61. The molecule has 0 bridgehead atoms. The van der Waals surface area contributed by atoms with Crippen LogP contribution in [0.25, 0.3) is 0 Å². The SMILES string of the molecule is Clc1cccc(N2CCN([C@@H]3CCc4ccccc4C3)CC2)c1. The van der Waals surface area contributed by atoms with Crippen LogP contribution in [0.15, 0.2) is 48.5 Å². The van der Waals surface area contributed by atoms with Gasteiger partial charge in [-0.15, -0.1) is 0 Å². The van der Waals surface area contributed by atoms with Gasteiger partial charge in [0.2, 0.25) is 0 Å². The molecule has 0 radical (unpaired) electrons. The van der Waals surface area contributed by atoms with Crippen molar-refractivity contribution in [2.75, 3.05) is 31.1 Å². The average Bonchev–Trinajstić information content (AvgIpc) is 2.61. The van der Waals surface area contributed by atoms with Crippen molar-refractivity contribution in [2.24, 2.45) is 0 Å². The molecule has 1 fully saturated rings. The second kappa shape index (κ2) is 6.54. The Morgan fingerprint density at radius 3 is 2.43 bits per heavy atom. The number of hydrogen-bond acceptors (Lipinski definition) is 2. The van der Waals surface area contributed by atoms with Crippen molar-refractivity contribution in [1.82, 2.24) is 4.90 Å². The van der Waals surface area contributed by atoms with Crippen LogP contribution in [0.2, 0.25) is 5.02 Å². The average molecular weight is 327 g/mol. The molecule has 4 rings (SSSR count). The Morgan fingerprint density at radius 2 is 1.65 bits per heavy atom. The van der Waals surface area contributed by atoms with E-state index in [-0.39, 0.29) is 0 Å². The van der Waals surface area contributed by atoms with E-state index in [4.69, 9.17) is 11.6 Å². The van der Waals surface area contributed by atoms with Gasteiger partial charge in [0.1, 0.15) is 0 Å². The summed E-state index contributed by atoms with van der Waals surface area (Å²) in [6, 6.07) is 17.9. The summed E-state index contributed by atoms with van der Waals surface area (Å²) in [6.07, 6.45) is 3.75. The van der Waals surface area contributed by atoms with Crippen LogP contribution < -0.4 is 4.90 Å². The van der Waals surface area contributed by atoms with Gasteiger partial charge in [-0.25, -0.2) is 0 Å². The molecule has 1 aliphatic heterocycles. The van der Waals surface area contributed by atoms with E-state index >= 15 is 0 Å². The highest BCUT2D eigenvalue weighted by molar-refractivity contribution is 6.30. The fourth-order valence-corrected chi connectivity index (χ4v) is 4.19. The Morgan fingerprint density at radius 1 is 0.870 bits per heavy atom. The molecule has 1 aliphatic carbocycles. The van der Waals surface area contributed by atoms with Crippen LogP contribution in [0.5, 0.6) is 0 Å². The number of piperazine rings is 1. The maximum atomic E-state index is 6.13. The molecule has 2 aromatic carbocycles. The van der Waals surface area contributed by atoms with E-state index in [1.165, 1.54) is 24.9 Å². The molecular formula is C20H23ClN2. The van der Waals surface area contributed by atoms with Gasteiger partial charge in [-0.1, -0.05) is 41.9 Å². The Labute approximate surface area is 143 Å². The number of anilines is 1. The molecule has 3 heteroatoms. The zero-order valence-electron chi connectivity index (χ0n) is 13.4. The molecule has 0 aromatic heterocycles. The van der Waals surface area contributed by atoms with Crippen LogP contribution in [0, 0.1) is 0 Å². The normalized spacial score (nSPS) is 22.0. The number of hydrogen-bond donors (Lipinski definition) is 0. The summed E-state index contributed by atoms with van der Waals surface area (Å²) in [6.45, 7) is 4.50. The zero-order chi connectivity index (χ0) is 15.6. The predicted molar refractivity (Wildman–Crippen MR) is 97.5 cm³/mol. The van der Waals surface area contributed by atoms with Crippen molar-refractivity contribution in [1.29, 1.82) is 0 Å². The lowest BCUT2D eigenvalue weighted by atomic mass is 9.87. The van der Waals surface area contributed by atoms with Gasteiger partial charge in [0, 0.05) is 42.9 Å². The third kappa shape index (κ3) is 3.24. The number of aryl methyl sites for hydroxylation is 1. The summed E-state index contributed by atoms with van der Waals surface area (Å²) in [5.41, 5.74) is 4.37. The molecule has 1 heterocycles. The van der Waals surface area contributed by atoms with Crippen LogP contribution >= 0.6 is 11.6 Å². The topological polar surface area (TPSA) is 6.48 Å². The van der Waals surface area contributed by atoms with Crippen molar-refractivity contribution >= 4 is 17.3 Å². The lowest BCUT2D eigenvalue weighted by Crippen LogP contribution is -2.51. The second-order valence-electron chi connectivity index (χ2n) is 6.67. The van der Waals surface area contributed by atoms with Crippen LogP contribution in [0.1, 0.15) is 17.5 Å². The predicted octanol–water partition coefficient (Wildman–Crippen LogP) is 4.02. The maximum Gasteiger partial charge on any atom is 0.0426 e. The van der Waals surface area contributed by atoms with Gasteiger partial charge in [0.05, 0.1) is 0 Å². The van der Waals surface area contributed by atoms with E-state index in [2.05, 4.69) is 46.2 Å². The summed E-state index contributed by atoms with van der Waals surface area (Å²) >= 11 is 6.13. The molecular weight excluding hydrogens is 304 g/mol. The first-order valence-corrected chi connectivity index (χ1v) is 8.99. The highest BCUT2D eigenvalue weighted by atomic mass is 35.5. The van der Waals surface area contributed by atoms with Crippen molar-refractivity contribution in [3.05, 3.63) is 64.7 Å². The van der Waals surface area contributed by atoms with E-state index in [9.17, 15) is 0 Å². The van der Waals surface area contributed by atoms with Gasteiger partial charge in [0.15, 0.2) is 0 Å². The Balaban J connectivity index is 1.39. The molecule has 2 aliphatic rings. The minimum absolute atomic E-state index is 0.714. The maximum absolute atomic E-state index is 6.13. The summed E-state index contributed by atoms with van der Waals surface area (Å²) < 4.78 is 0. The highest BCUT2D eigenvalue weighted by Gasteiger charge is 2.27. The minimum Gasteiger partial charge on any atom is -0.369 e. The van der Waals surface area contributed by atoms with Gasteiger partial charge >= 0.3 is 0 Å². The van der Waals surface area contributed by atoms with Crippen LogP contribution in [-0.4, -0.2) is 37.1 Å². The lowest BCUT2D eigenvalue weighted by Gasteiger charge is -2.42. The van der Waals surface area contributed by atoms with Gasteiger partial charge in [-0.05, 0) is 48.6 Å². The number of nitrogens with zero attached hydrogens (tertiary/aromatic N) is 2. The lowest BCUT2D eigenvalue weighted by molar-refractivity contribution is 0.170. The largest absolute Gasteiger partial charge is 0.369 e. The van der Waals surface area contributed by atoms with Crippen molar-refractivity contribution < 1.29 is 0 Å². The molecule has 23 heavy (non-hydrogen) atoms. The Bertz CT molecular complexity index is 677. The third-order valence-corrected chi connectivity index (χ3v) is 5.56. The molecule has 0 spiro atoms. The first-order chi connectivity index (χ1) is 11.3. The van der Waals surface area contributed by atoms with Gasteiger partial charge in [-0.3, -0.25) is 4.90 Å². The van der Waals surface area contributed by atoms with Gasteiger partial charge in [-0.2, -0.15) is 0 Å². The number of fused-ring (bicyclic) bond motifs is 1. The number of benzene rings is 2. The van der Waals surface area contributed by atoms with Gasteiger partial charge < -0.3 is 4.90 Å². The molecule has 0 amide bonds. The monoisotopic (exact) mass is 326 g/mol. The van der Waals surface area contributed by atoms with E-state index in [0.717, 1.165) is 31.2 Å². The fraction of sp³-hybridized carbons (Fsp3) is 0.400. The van der Waals surface area contributed by atoms with E-state index in [1.54, 1.807) is 11.1 Å². The Kier molecular flexibility index (Phi) is 4.28. The van der Waals surface area contributed by atoms with E-state index < -0.39 is 0 Å². The molecule has 0 unspecified atom stereocenters. The minimum atomic E-state index is 0.714. The second-order valence-corrected chi connectivity index (χ2v) is 7.10. The molecule has 0 N–H and O–H groups in total. The summed E-state index contributed by atoms with van der Waals surface area (Å²) in [5, 5.41) is 0.828. The van der Waals surface area contributed by atoms with E-state index in [0.29, 0.717) is 6.04 Å². The van der Waals surface area contributed by atoms with Crippen LogP contribution in [0.4, 0.5) is 5.69 Å². The number of halogens is 1. The zero-order valence-corrected chi connectivity index (χ0v) is 14.2. The van der Waals surface area contributed by atoms with Crippen molar-refractivity contribution in [3.8, 4) is 0 Å². The molecule has 1 saturated heterocycles. The van der Waals surface area contributed by atoms with Crippen LogP contribution in [0.3, 0.4) is 0 Å². The fourth-order valence-electron chi connectivity index (χ4n) is 4.01. The molecule has 0 saturated carbocycles. The summed E-state index contributed by atoms with van der Waals surface area (Å²) in [4.78, 5) is 5.15. The third-order valence-electron chi connectivity index (χ3n) is 5.32. The molecule has 2 nitrogen and oxygen atoms in total. The quantitative estimate of drug-likeness (QED) is 0.822.